The Morgan fingerprint density at radius 2 is 1.89 bits per heavy atom. The Balaban J connectivity index is 1.18. The Morgan fingerprint density at radius 1 is 1.08 bits per heavy atom. The van der Waals surface area contributed by atoms with E-state index in [1.807, 2.05) is 0 Å². The molecule has 2 aliphatic carbocycles. The van der Waals surface area contributed by atoms with E-state index < -0.39 is 13.0 Å². The summed E-state index contributed by atoms with van der Waals surface area (Å²) in [6.07, 6.45) is 9.75. The molecule has 9 heteroatoms. The maximum atomic E-state index is 13.9. The molecule has 2 aromatic carbocycles. The highest BCUT2D eigenvalue weighted by Gasteiger charge is 2.42. The highest BCUT2D eigenvalue weighted by Crippen LogP contribution is 2.43. The number of hydrogen-bond acceptors (Lipinski definition) is 6. The maximum absolute atomic E-state index is 13.9. The quantitative estimate of drug-likeness (QED) is 0.219. The number of halogens is 2. The molecule has 2 N–H and O–H groups in total. The van der Waals surface area contributed by atoms with Crippen molar-refractivity contribution in [3.8, 4) is 0 Å². The summed E-state index contributed by atoms with van der Waals surface area (Å²) in [6, 6.07) is 12.0. The van der Waals surface area contributed by atoms with Gasteiger partial charge in [0.15, 0.2) is 5.82 Å². The van der Waals surface area contributed by atoms with Gasteiger partial charge in [-0.3, -0.25) is 4.90 Å². The lowest BCUT2D eigenvalue weighted by Gasteiger charge is -2.27. The van der Waals surface area contributed by atoms with E-state index in [1.165, 1.54) is 48.7 Å². The molecule has 1 saturated carbocycles. The predicted octanol–water partition coefficient (Wildman–Crippen LogP) is 6.27. The minimum absolute atomic E-state index is 0.311. The molecule has 0 saturated heterocycles. The molecule has 2 unspecified atom stereocenters. The highest BCUT2D eigenvalue weighted by molar-refractivity contribution is 7.70. The summed E-state index contributed by atoms with van der Waals surface area (Å²) >= 11 is 6.37. The van der Waals surface area contributed by atoms with Gasteiger partial charge >= 0.3 is 0 Å². The zero-order valence-corrected chi connectivity index (χ0v) is 22.6. The third-order valence-corrected chi connectivity index (χ3v) is 9.43. The fraction of sp³-hybridized carbons (Fsp3) is 0.357. The van der Waals surface area contributed by atoms with Gasteiger partial charge in [-0.15, -0.1) is 0 Å². The van der Waals surface area contributed by atoms with Gasteiger partial charge in [0, 0.05) is 29.6 Å². The Kier molecular flexibility index (Phi) is 6.34. The van der Waals surface area contributed by atoms with Crippen molar-refractivity contribution in [2.24, 2.45) is 0 Å². The summed E-state index contributed by atoms with van der Waals surface area (Å²) in [5, 5.41) is 7.15. The molecule has 192 valence electrons. The molecule has 2 atom stereocenters. The third-order valence-electron chi connectivity index (χ3n) is 7.62. The standard InChI is InChI=1S/C28H30ClFN5OP/c1-37(2,36)26-15-20(30)6-10-24(26)33-27-23(29)16-31-28(34-27)32-21-7-3-17-4-8-22(9-5-18(17)13-21)35-12-11-19-14-25(19)35/h3,6-7,10-11,13,15-16,22,25H,4-5,8-9,12,14H2,1-2H3,(H2,31,32,33,34). The number of hydrogen-bond donors (Lipinski definition) is 2. The van der Waals surface area contributed by atoms with E-state index in [0.29, 0.717) is 33.8 Å². The van der Waals surface area contributed by atoms with Crippen LogP contribution in [-0.2, 0) is 17.4 Å². The Morgan fingerprint density at radius 3 is 2.62 bits per heavy atom. The second kappa shape index (κ2) is 9.54. The van der Waals surface area contributed by atoms with Crippen molar-refractivity contribution in [3.63, 3.8) is 0 Å². The molecule has 0 radical (unpaired) electrons. The topological polar surface area (TPSA) is 70.2 Å². The third kappa shape index (κ3) is 5.18. The van der Waals surface area contributed by atoms with Crippen molar-refractivity contribution in [1.82, 2.24) is 14.9 Å². The van der Waals surface area contributed by atoms with E-state index in [9.17, 15) is 8.96 Å². The van der Waals surface area contributed by atoms with E-state index in [4.69, 9.17) is 11.6 Å². The zero-order valence-electron chi connectivity index (χ0n) is 21.0. The Hall–Kier alpha value is -2.73. The first-order valence-corrected chi connectivity index (χ1v) is 15.7. The van der Waals surface area contributed by atoms with Crippen LogP contribution in [-0.4, -0.2) is 46.8 Å². The molecule has 1 aliphatic heterocycles. The monoisotopic (exact) mass is 537 g/mol. The molecule has 1 aromatic heterocycles. The minimum atomic E-state index is -2.74. The van der Waals surface area contributed by atoms with Crippen molar-refractivity contribution in [3.05, 3.63) is 76.2 Å². The molecule has 1 fully saturated rings. The van der Waals surface area contributed by atoms with Gasteiger partial charge in [0.25, 0.3) is 0 Å². The number of nitrogens with one attached hydrogen (secondary N) is 2. The fourth-order valence-corrected chi connectivity index (χ4v) is 6.88. The number of nitrogens with zero attached hydrogens (tertiary/aromatic N) is 3. The molecule has 0 spiro atoms. The van der Waals surface area contributed by atoms with E-state index >= 15 is 0 Å². The van der Waals surface area contributed by atoms with Crippen LogP contribution < -0.4 is 15.9 Å². The normalized spacial score (nSPS) is 21.0. The largest absolute Gasteiger partial charge is 0.338 e. The van der Waals surface area contributed by atoms with Crippen LogP contribution in [0, 0.1) is 5.82 Å². The molecule has 2 heterocycles. The lowest BCUT2D eigenvalue weighted by atomic mass is 10.0. The highest BCUT2D eigenvalue weighted by atomic mass is 35.5. The first-order valence-electron chi connectivity index (χ1n) is 12.7. The van der Waals surface area contributed by atoms with Crippen molar-refractivity contribution in [1.29, 1.82) is 0 Å². The number of anilines is 4. The predicted molar refractivity (Wildman–Crippen MR) is 149 cm³/mol. The van der Waals surface area contributed by atoms with Crippen LogP contribution in [0.5, 0.6) is 0 Å². The van der Waals surface area contributed by atoms with E-state index in [-0.39, 0.29) is 0 Å². The summed E-state index contributed by atoms with van der Waals surface area (Å²) in [4.78, 5) is 11.6. The molecule has 37 heavy (non-hydrogen) atoms. The summed E-state index contributed by atoms with van der Waals surface area (Å²) in [7, 11) is -2.74. The van der Waals surface area contributed by atoms with E-state index in [1.54, 1.807) is 25.0 Å². The van der Waals surface area contributed by atoms with Crippen LogP contribution in [0.25, 0.3) is 0 Å². The van der Waals surface area contributed by atoms with Gasteiger partial charge in [-0.2, -0.15) is 4.98 Å². The molecule has 3 aliphatic rings. The average Bonchev–Trinajstić information content (AvgIpc) is 3.57. The fourth-order valence-electron chi connectivity index (χ4n) is 5.60. The molecule has 6 rings (SSSR count). The lowest BCUT2D eigenvalue weighted by molar-refractivity contribution is 0.203. The summed E-state index contributed by atoms with van der Waals surface area (Å²) in [5.74, 6) is 0.309. The zero-order chi connectivity index (χ0) is 25.7. The van der Waals surface area contributed by atoms with Gasteiger partial charge in [-0.05, 0) is 86.9 Å². The van der Waals surface area contributed by atoms with Gasteiger partial charge in [0.05, 0.1) is 11.9 Å². The van der Waals surface area contributed by atoms with Crippen LogP contribution in [0.3, 0.4) is 0 Å². The Labute approximate surface area is 221 Å². The van der Waals surface area contributed by atoms with Crippen LogP contribution in [0.4, 0.5) is 27.5 Å². The maximum Gasteiger partial charge on any atom is 0.229 e. The Bertz CT molecular complexity index is 1450. The van der Waals surface area contributed by atoms with Crippen molar-refractivity contribution in [2.45, 2.75) is 44.2 Å². The molecular formula is C28H30ClFN5OP. The average molecular weight is 538 g/mol. The van der Waals surface area contributed by atoms with Gasteiger partial charge in [-0.1, -0.05) is 29.3 Å². The molecule has 0 amide bonds. The summed E-state index contributed by atoms with van der Waals surface area (Å²) in [6.45, 7) is 4.33. The summed E-state index contributed by atoms with van der Waals surface area (Å²) < 4.78 is 26.6. The second-order valence-electron chi connectivity index (χ2n) is 10.6. The minimum Gasteiger partial charge on any atom is -0.338 e. The number of fused-ring (bicyclic) bond motifs is 2. The lowest BCUT2D eigenvalue weighted by Crippen LogP contribution is -2.35. The van der Waals surface area contributed by atoms with Crippen LogP contribution in [0.2, 0.25) is 5.02 Å². The second-order valence-corrected chi connectivity index (χ2v) is 14.2. The number of rotatable bonds is 6. The van der Waals surface area contributed by atoms with Crippen LogP contribution in [0.1, 0.15) is 30.4 Å². The number of aromatic nitrogens is 2. The van der Waals surface area contributed by atoms with Crippen molar-refractivity contribution < 1.29 is 8.96 Å². The van der Waals surface area contributed by atoms with Gasteiger partial charge in [-0.25, -0.2) is 9.37 Å². The number of aryl methyl sites for hydroxylation is 2. The van der Waals surface area contributed by atoms with Gasteiger partial charge in [0.2, 0.25) is 5.95 Å². The van der Waals surface area contributed by atoms with E-state index in [0.717, 1.165) is 31.1 Å². The van der Waals surface area contributed by atoms with Gasteiger partial charge in [0.1, 0.15) is 18.0 Å². The van der Waals surface area contributed by atoms with Crippen molar-refractivity contribution in [2.75, 3.05) is 30.5 Å². The first-order chi connectivity index (χ1) is 17.7. The van der Waals surface area contributed by atoms with Crippen molar-refractivity contribution >= 4 is 47.2 Å². The SMILES string of the molecule is CP(C)(=O)c1cc(F)ccc1Nc1nc(Nc2ccc3c(c2)CCC(N2CC=C4CC42)CC3)ncc1Cl. The smallest absolute Gasteiger partial charge is 0.229 e. The molecule has 0 bridgehead atoms. The molecule has 6 nitrogen and oxygen atoms in total. The van der Waals surface area contributed by atoms with Crippen LogP contribution >= 0.6 is 18.7 Å². The van der Waals surface area contributed by atoms with Crippen LogP contribution in [0.15, 0.2) is 54.2 Å². The first kappa shape index (κ1) is 24.6. The van der Waals surface area contributed by atoms with E-state index in [2.05, 4.69) is 49.8 Å². The molecular weight excluding hydrogens is 508 g/mol. The van der Waals surface area contributed by atoms with Gasteiger partial charge < -0.3 is 15.2 Å². The summed E-state index contributed by atoms with van der Waals surface area (Å²) in [5.41, 5.74) is 5.86. The number of benzene rings is 2. The molecule has 3 aromatic rings.